The van der Waals surface area contributed by atoms with Crippen LogP contribution in [-0.2, 0) is 16.0 Å². The second kappa shape index (κ2) is 9.33. The lowest BCUT2D eigenvalue weighted by Crippen LogP contribution is -2.35. The maximum Gasteiger partial charge on any atom is 0.308 e. The van der Waals surface area contributed by atoms with Crippen LogP contribution in [0.25, 0.3) is 10.8 Å². The molecule has 0 aliphatic rings. The van der Waals surface area contributed by atoms with E-state index in [-0.39, 0.29) is 12.5 Å². The highest BCUT2D eigenvalue weighted by molar-refractivity contribution is 7.99. The minimum atomic E-state index is -0.885. The van der Waals surface area contributed by atoms with Gasteiger partial charge in [-0.05, 0) is 34.9 Å². The number of carbonyl (C=O) groups excluding carboxylic acids is 1. The first-order chi connectivity index (χ1) is 11.6. The molecule has 128 valence electrons. The number of fused-ring (bicyclic) bond motifs is 1. The van der Waals surface area contributed by atoms with Gasteiger partial charge < -0.3 is 10.4 Å². The molecule has 0 radical (unpaired) electrons. The lowest BCUT2D eigenvalue weighted by molar-refractivity contribution is -0.141. The largest absolute Gasteiger partial charge is 0.481 e. The molecular weight excluding hydrogens is 322 g/mol. The summed E-state index contributed by atoms with van der Waals surface area (Å²) < 4.78 is 0. The summed E-state index contributed by atoms with van der Waals surface area (Å²) in [5.41, 5.74) is 0.995. The van der Waals surface area contributed by atoms with E-state index in [1.807, 2.05) is 42.5 Å². The Kier molecular flexibility index (Phi) is 7.12. The standard InChI is InChI=1S/C19H23NO3S/c1-2-10-24-13-18(21)20-12-16(19(22)23)11-15-8-5-7-14-6-3-4-9-17(14)15/h3-9,16H,2,10-13H2,1H3,(H,20,21)(H,22,23). The highest BCUT2D eigenvalue weighted by Gasteiger charge is 2.20. The Bertz CT molecular complexity index is 697. The van der Waals surface area contributed by atoms with Crippen LogP contribution in [0.1, 0.15) is 18.9 Å². The Labute approximate surface area is 146 Å². The third-order valence-electron chi connectivity index (χ3n) is 3.82. The fraction of sp³-hybridized carbons (Fsp3) is 0.368. The van der Waals surface area contributed by atoms with Crippen LogP contribution in [0.3, 0.4) is 0 Å². The van der Waals surface area contributed by atoms with E-state index >= 15 is 0 Å². The zero-order chi connectivity index (χ0) is 17.4. The van der Waals surface area contributed by atoms with Gasteiger partial charge >= 0.3 is 5.97 Å². The summed E-state index contributed by atoms with van der Waals surface area (Å²) >= 11 is 1.57. The number of hydrogen-bond donors (Lipinski definition) is 2. The molecule has 24 heavy (non-hydrogen) atoms. The molecule has 0 saturated carbocycles. The smallest absolute Gasteiger partial charge is 0.308 e. The SMILES string of the molecule is CCCSCC(=O)NCC(Cc1cccc2ccccc12)C(=O)O. The van der Waals surface area contributed by atoms with Crippen molar-refractivity contribution in [3.8, 4) is 0 Å². The molecule has 0 aliphatic heterocycles. The first kappa shape index (κ1) is 18.3. The molecule has 0 bridgehead atoms. The van der Waals surface area contributed by atoms with Crippen molar-refractivity contribution in [2.24, 2.45) is 5.92 Å². The van der Waals surface area contributed by atoms with E-state index in [1.165, 1.54) is 0 Å². The topological polar surface area (TPSA) is 66.4 Å². The average Bonchev–Trinajstić information content (AvgIpc) is 2.58. The molecule has 0 fully saturated rings. The summed E-state index contributed by atoms with van der Waals surface area (Å²) in [5, 5.41) is 14.4. The third kappa shape index (κ3) is 5.27. The number of aliphatic carboxylic acids is 1. The second-order valence-electron chi connectivity index (χ2n) is 5.73. The number of carboxylic acids is 1. The van der Waals surface area contributed by atoms with Crippen LogP contribution in [-0.4, -0.2) is 35.0 Å². The van der Waals surface area contributed by atoms with Crippen LogP contribution in [0.4, 0.5) is 0 Å². The monoisotopic (exact) mass is 345 g/mol. The van der Waals surface area contributed by atoms with Crippen molar-refractivity contribution in [1.29, 1.82) is 0 Å². The minimum absolute atomic E-state index is 0.0994. The Morgan fingerprint density at radius 2 is 1.92 bits per heavy atom. The Morgan fingerprint density at radius 1 is 1.17 bits per heavy atom. The average molecular weight is 345 g/mol. The molecule has 0 spiro atoms. The fourth-order valence-corrected chi connectivity index (χ4v) is 3.30. The van der Waals surface area contributed by atoms with E-state index in [1.54, 1.807) is 11.8 Å². The Balaban J connectivity index is 2.00. The number of hydrogen-bond acceptors (Lipinski definition) is 3. The number of nitrogens with one attached hydrogen (secondary N) is 1. The van der Waals surface area contributed by atoms with Gasteiger partial charge in [0.15, 0.2) is 0 Å². The second-order valence-corrected chi connectivity index (χ2v) is 6.84. The summed E-state index contributed by atoms with van der Waals surface area (Å²) in [6.45, 7) is 2.22. The first-order valence-corrected chi connectivity index (χ1v) is 9.31. The fourth-order valence-electron chi connectivity index (χ4n) is 2.58. The lowest BCUT2D eigenvalue weighted by Gasteiger charge is -2.15. The molecule has 0 heterocycles. The van der Waals surface area contributed by atoms with E-state index in [9.17, 15) is 14.7 Å². The van der Waals surface area contributed by atoms with Crippen molar-refractivity contribution in [3.63, 3.8) is 0 Å². The van der Waals surface area contributed by atoms with Gasteiger partial charge in [0.25, 0.3) is 0 Å². The molecule has 4 nitrogen and oxygen atoms in total. The van der Waals surface area contributed by atoms with Gasteiger partial charge in [-0.25, -0.2) is 0 Å². The highest BCUT2D eigenvalue weighted by atomic mass is 32.2. The Morgan fingerprint density at radius 3 is 2.67 bits per heavy atom. The lowest BCUT2D eigenvalue weighted by atomic mass is 9.95. The van der Waals surface area contributed by atoms with Gasteiger partial charge in [0.1, 0.15) is 0 Å². The quantitative estimate of drug-likeness (QED) is 0.684. The zero-order valence-electron chi connectivity index (χ0n) is 13.8. The van der Waals surface area contributed by atoms with Crippen molar-refractivity contribution in [3.05, 3.63) is 48.0 Å². The van der Waals surface area contributed by atoms with E-state index < -0.39 is 11.9 Å². The molecule has 2 aromatic rings. The van der Waals surface area contributed by atoms with Gasteiger partial charge in [-0.3, -0.25) is 9.59 Å². The van der Waals surface area contributed by atoms with Gasteiger partial charge in [0.2, 0.25) is 5.91 Å². The summed E-state index contributed by atoms with van der Waals surface area (Å²) in [6.07, 6.45) is 1.43. The number of amides is 1. The van der Waals surface area contributed by atoms with E-state index in [0.29, 0.717) is 12.2 Å². The first-order valence-electron chi connectivity index (χ1n) is 8.15. The highest BCUT2D eigenvalue weighted by Crippen LogP contribution is 2.21. The van der Waals surface area contributed by atoms with Crippen LogP contribution < -0.4 is 5.32 Å². The molecule has 0 aromatic heterocycles. The molecule has 2 N–H and O–H groups in total. The van der Waals surface area contributed by atoms with E-state index in [4.69, 9.17) is 0 Å². The molecule has 1 unspecified atom stereocenters. The molecule has 1 amide bonds. The molecule has 5 heteroatoms. The molecule has 2 aromatic carbocycles. The number of carbonyl (C=O) groups is 2. The van der Waals surface area contributed by atoms with Crippen molar-refractivity contribution in [1.82, 2.24) is 5.32 Å². The Hall–Kier alpha value is -2.01. The van der Waals surface area contributed by atoms with Crippen LogP contribution >= 0.6 is 11.8 Å². The summed E-state index contributed by atoms with van der Waals surface area (Å²) in [7, 11) is 0. The van der Waals surface area contributed by atoms with E-state index in [2.05, 4.69) is 12.2 Å². The summed E-state index contributed by atoms with van der Waals surface area (Å²) in [6, 6.07) is 13.9. The van der Waals surface area contributed by atoms with Gasteiger partial charge in [-0.1, -0.05) is 49.4 Å². The van der Waals surface area contributed by atoms with Crippen LogP contribution in [0.2, 0.25) is 0 Å². The number of rotatable bonds is 9. The van der Waals surface area contributed by atoms with Crippen molar-refractivity contribution >= 4 is 34.4 Å². The van der Waals surface area contributed by atoms with Crippen molar-refractivity contribution in [2.75, 3.05) is 18.1 Å². The van der Waals surface area contributed by atoms with Gasteiger partial charge in [-0.15, -0.1) is 0 Å². The molecule has 2 rings (SSSR count). The predicted octanol–water partition coefficient (Wildman–Crippen LogP) is 3.34. The number of thioether (sulfide) groups is 1. The maximum atomic E-state index is 11.8. The predicted molar refractivity (Wildman–Crippen MR) is 99.4 cm³/mol. The maximum absolute atomic E-state index is 11.8. The summed E-state index contributed by atoms with van der Waals surface area (Å²) in [5.74, 6) is -0.293. The van der Waals surface area contributed by atoms with E-state index in [0.717, 1.165) is 28.5 Å². The van der Waals surface area contributed by atoms with Crippen molar-refractivity contribution in [2.45, 2.75) is 19.8 Å². The summed E-state index contributed by atoms with van der Waals surface area (Å²) in [4.78, 5) is 23.3. The molecule has 1 atom stereocenters. The van der Waals surface area contributed by atoms with Crippen LogP contribution in [0.15, 0.2) is 42.5 Å². The third-order valence-corrected chi connectivity index (χ3v) is 4.99. The molecular formula is C19H23NO3S. The van der Waals surface area contributed by atoms with Crippen LogP contribution in [0, 0.1) is 5.92 Å². The number of benzene rings is 2. The van der Waals surface area contributed by atoms with Gasteiger partial charge in [0, 0.05) is 6.54 Å². The van der Waals surface area contributed by atoms with Crippen LogP contribution in [0.5, 0.6) is 0 Å². The van der Waals surface area contributed by atoms with Gasteiger partial charge in [-0.2, -0.15) is 11.8 Å². The molecule has 0 aliphatic carbocycles. The molecule has 0 saturated heterocycles. The zero-order valence-corrected chi connectivity index (χ0v) is 14.6. The normalized spacial score (nSPS) is 12.0. The van der Waals surface area contributed by atoms with Gasteiger partial charge in [0.05, 0.1) is 11.7 Å². The number of carboxylic acid groups (broad SMARTS) is 1. The van der Waals surface area contributed by atoms with Crippen molar-refractivity contribution < 1.29 is 14.7 Å². The minimum Gasteiger partial charge on any atom is -0.481 e.